The fourth-order valence-corrected chi connectivity index (χ4v) is 4.55. The maximum atomic E-state index is 12.4. The number of halogens is 2. The van der Waals surface area contributed by atoms with Gasteiger partial charge < -0.3 is 0 Å². The van der Waals surface area contributed by atoms with Gasteiger partial charge >= 0.3 is 0 Å². The van der Waals surface area contributed by atoms with Gasteiger partial charge in [-0.25, -0.2) is 8.42 Å². The molecule has 0 aromatic heterocycles. The molecular formula is C14H13Br2NO2S. The molecule has 0 radical (unpaired) electrons. The zero-order valence-corrected chi connectivity index (χ0v) is 14.7. The molecule has 0 atom stereocenters. The standard InChI is InChI=1S/C14H13Br2NO2S/c1-2-10-4-3-5-12(8-10)17-20(18,19)14-7-6-11(15)9-13(14)16/h3-9,17H,2H2,1H3. The number of rotatable bonds is 4. The molecule has 0 amide bonds. The van der Waals surface area contributed by atoms with E-state index >= 15 is 0 Å². The summed E-state index contributed by atoms with van der Waals surface area (Å²) in [6.45, 7) is 2.03. The summed E-state index contributed by atoms with van der Waals surface area (Å²) in [4.78, 5) is 0.211. The molecule has 0 unspecified atom stereocenters. The highest BCUT2D eigenvalue weighted by Gasteiger charge is 2.17. The van der Waals surface area contributed by atoms with Crippen LogP contribution in [0.5, 0.6) is 0 Å². The molecule has 0 aliphatic carbocycles. The Morgan fingerprint density at radius 3 is 2.50 bits per heavy atom. The topological polar surface area (TPSA) is 46.2 Å². The van der Waals surface area contributed by atoms with Crippen molar-refractivity contribution in [3.8, 4) is 0 Å². The van der Waals surface area contributed by atoms with Gasteiger partial charge in [-0.2, -0.15) is 0 Å². The third-order valence-corrected chi connectivity index (χ3v) is 5.62. The zero-order chi connectivity index (χ0) is 14.8. The molecule has 1 N–H and O–H groups in total. The zero-order valence-electron chi connectivity index (χ0n) is 10.7. The summed E-state index contributed by atoms with van der Waals surface area (Å²) in [7, 11) is -3.60. The van der Waals surface area contributed by atoms with Gasteiger partial charge in [0.05, 0.1) is 0 Å². The van der Waals surface area contributed by atoms with Crippen molar-refractivity contribution in [2.45, 2.75) is 18.2 Å². The highest BCUT2D eigenvalue weighted by Crippen LogP contribution is 2.27. The number of sulfonamides is 1. The summed E-state index contributed by atoms with van der Waals surface area (Å²) in [6.07, 6.45) is 0.859. The van der Waals surface area contributed by atoms with Gasteiger partial charge in [0.15, 0.2) is 0 Å². The number of hydrogen-bond acceptors (Lipinski definition) is 2. The minimum atomic E-state index is -3.60. The summed E-state index contributed by atoms with van der Waals surface area (Å²) in [5.41, 5.74) is 1.65. The van der Waals surface area contributed by atoms with E-state index in [1.54, 1.807) is 24.3 Å². The Bertz CT molecular complexity index is 730. The summed E-state index contributed by atoms with van der Waals surface area (Å²) in [5, 5.41) is 0. The number of hydrogen-bond donors (Lipinski definition) is 1. The highest BCUT2D eigenvalue weighted by atomic mass is 79.9. The van der Waals surface area contributed by atoms with Gasteiger partial charge in [0.25, 0.3) is 10.0 Å². The van der Waals surface area contributed by atoms with Gasteiger partial charge in [-0.05, 0) is 58.2 Å². The van der Waals surface area contributed by atoms with Crippen LogP contribution in [0.3, 0.4) is 0 Å². The van der Waals surface area contributed by atoms with Crippen LogP contribution in [0.25, 0.3) is 0 Å². The second kappa shape index (κ2) is 6.28. The van der Waals surface area contributed by atoms with E-state index in [1.165, 1.54) is 0 Å². The van der Waals surface area contributed by atoms with Crippen LogP contribution in [0.1, 0.15) is 12.5 Å². The first kappa shape index (κ1) is 15.5. The Morgan fingerprint density at radius 1 is 1.10 bits per heavy atom. The maximum absolute atomic E-state index is 12.4. The van der Waals surface area contributed by atoms with E-state index in [0.29, 0.717) is 10.2 Å². The van der Waals surface area contributed by atoms with Crippen LogP contribution in [-0.2, 0) is 16.4 Å². The summed E-state index contributed by atoms with van der Waals surface area (Å²) in [5.74, 6) is 0. The normalized spacial score (nSPS) is 11.3. The van der Waals surface area contributed by atoms with Crippen LogP contribution in [0.2, 0.25) is 0 Å². The molecule has 0 saturated carbocycles. The van der Waals surface area contributed by atoms with Crippen molar-refractivity contribution >= 4 is 47.6 Å². The lowest BCUT2D eigenvalue weighted by atomic mass is 10.1. The van der Waals surface area contributed by atoms with Gasteiger partial charge in [-0.3, -0.25) is 4.72 Å². The largest absolute Gasteiger partial charge is 0.280 e. The minimum absolute atomic E-state index is 0.211. The maximum Gasteiger partial charge on any atom is 0.263 e. The van der Waals surface area contributed by atoms with Gasteiger partial charge in [-0.1, -0.05) is 35.0 Å². The number of nitrogens with one attached hydrogen (secondary N) is 1. The van der Waals surface area contributed by atoms with E-state index in [1.807, 2.05) is 25.1 Å². The summed E-state index contributed by atoms with van der Waals surface area (Å²) < 4.78 is 28.7. The summed E-state index contributed by atoms with van der Waals surface area (Å²) in [6, 6.07) is 12.3. The highest BCUT2D eigenvalue weighted by molar-refractivity contribution is 9.11. The molecule has 3 nitrogen and oxygen atoms in total. The third kappa shape index (κ3) is 3.62. The number of aryl methyl sites for hydroxylation is 1. The molecule has 20 heavy (non-hydrogen) atoms. The van der Waals surface area contributed by atoms with Crippen LogP contribution in [0, 0.1) is 0 Å². The molecular weight excluding hydrogens is 406 g/mol. The summed E-state index contributed by atoms with van der Waals surface area (Å²) >= 11 is 6.58. The van der Waals surface area contributed by atoms with E-state index in [0.717, 1.165) is 16.5 Å². The average molecular weight is 419 g/mol. The average Bonchev–Trinajstić information content (AvgIpc) is 2.37. The second-order valence-corrected chi connectivity index (χ2v) is 7.66. The van der Waals surface area contributed by atoms with Crippen molar-refractivity contribution in [3.63, 3.8) is 0 Å². The van der Waals surface area contributed by atoms with Crippen LogP contribution in [0.15, 0.2) is 56.3 Å². The Hall–Kier alpha value is -0.850. The SMILES string of the molecule is CCc1cccc(NS(=O)(=O)c2ccc(Br)cc2Br)c1. The molecule has 0 spiro atoms. The van der Waals surface area contributed by atoms with E-state index in [4.69, 9.17) is 0 Å². The van der Waals surface area contributed by atoms with Crippen molar-refractivity contribution in [2.24, 2.45) is 0 Å². The molecule has 0 fully saturated rings. The molecule has 2 aromatic carbocycles. The minimum Gasteiger partial charge on any atom is -0.280 e. The first-order valence-electron chi connectivity index (χ1n) is 5.99. The Morgan fingerprint density at radius 2 is 1.85 bits per heavy atom. The Labute approximate surface area is 135 Å². The molecule has 106 valence electrons. The van der Waals surface area contributed by atoms with E-state index in [2.05, 4.69) is 36.6 Å². The van der Waals surface area contributed by atoms with E-state index in [9.17, 15) is 8.42 Å². The molecule has 2 rings (SSSR count). The first-order valence-corrected chi connectivity index (χ1v) is 9.06. The lowest BCUT2D eigenvalue weighted by molar-refractivity contribution is 0.600. The van der Waals surface area contributed by atoms with Gasteiger partial charge in [-0.15, -0.1) is 0 Å². The fraction of sp³-hybridized carbons (Fsp3) is 0.143. The van der Waals surface area contributed by atoms with Crippen molar-refractivity contribution in [2.75, 3.05) is 4.72 Å². The smallest absolute Gasteiger partial charge is 0.263 e. The second-order valence-electron chi connectivity index (χ2n) is 4.23. The van der Waals surface area contributed by atoms with Crippen LogP contribution >= 0.6 is 31.9 Å². The lowest BCUT2D eigenvalue weighted by Gasteiger charge is -2.10. The quantitative estimate of drug-likeness (QED) is 0.789. The molecule has 2 aromatic rings. The number of anilines is 1. The van der Waals surface area contributed by atoms with Gasteiger partial charge in [0.2, 0.25) is 0 Å². The molecule has 0 aliphatic rings. The molecule has 6 heteroatoms. The third-order valence-electron chi connectivity index (χ3n) is 2.77. The monoisotopic (exact) mass is 417 g/mol. The van der Waals surface area contributed by atoms with Crippen molar-refractivity contribution in [3.05, 3.63) is 57.0 Å². The van der Waals surface area contributed by atoms with Gasteiger partial charge in [0.1, 0.15) is 4.90 Å². The van der Waals surface area contributed by atoms with Crippen molar-refractivity contribution < 1.29 is 8.42 Å². The molecule has 0 heterocycles. The van der Waals surface area contributed by atoms with Crippen LogP contribution in [0.4, 0.5) is 5.69 Å². The lowest BCUT2D eigenvalue weighted by Crippen LogP contribution is -2.13. The van der Waals surface area contributed by atoms with E-state index in [-0.39, 0.29) is 4.90 Å². The Kier molecular flexibility index (Phi) is 4.88. The molecule has 0 aliphatic heterocycles. The van der Waals surface area contributed by atoms with Gasteiger partial charge in [0, 0.05) is 14.6 Å². The first-order chi connectivity index (χ1) is 9.42. The molecule has 0 saturated heterocycles. The molecule has 0 bridgehead atoms. The predicted molar refractivity (Wildman–Crippen MR) is 88.5 cm³/mol. The van der Waals surface area contributed by atoms with Crippen molar-refractivity contribution in [1.29, 1.82) is 0 Å². The van der Waals surface area contributed by atoms with Crippen molar-refractivity contribution in [1.82, 2.24) is 0 Å². The van der Waals surface area contributed by atoms with E-state index < -0.39 is 10.0 Å². The van der Waals surface area contributed by atoms with Crippen LogP contribution < -0.4 is 4.72 Å². The van der Waals surface area contributed by atoms with Crippen LogP contribution in [-0.4, -0.2) is 8.42 Å². The predicted octanol–water partition coefficient (Wildman–Crippen LogP) is 4.57. The number of benzene rings is 2. The Balaban J connectivity index is 2.35. The fourth-order valence-electron chi connectivity index (χ4n) is 1.76.